The molecular formula is C15H11Cl2NO4. The summed E-state index contributed by atoms with van der Waals surface area (Å²) in [5.41, 5.74) is 0.690. The molecule has 3 N–H and O–H groups in total. The number of hydrogen-bond acceptors (Lipinski definition) is 3. The summed E-state index contributed by atoms with van der Waals surface area (Å²) in [6.45, 7) is 0. The lowest BCUT2D eigenvalue weighted by Gasteiger charge is -2.10. The largest absolute Gasteiger partial charge is 0.506 e. The summed E-state index contributed by atoms with van der Waals surface area (Å²) >= 11 is 11.8. The van der Waals surface area contributed by atoms with E-state index in [1.54, 1.807) is 6.07 Å². The number of phenols is 1. The number of carboxylic acid groups (broad SMARTS) is 1. The second-order valence-electron chi connectivity index (χ2n) is 4.50. The fourth-order valence-electron chi connectivity index (χ4n) is 1.83. The summed E-state index contributed by atoms with van der Waals surface area (Å²) in [6.07, 6.45) is -0.221. The van der Waals surface area contributed by atoms with Crippen molar-refractivity contribution in [3.63, 3.8) is 0 Å². The molecule has 0 aliphatic heterocycles. The molecule has 0 bridgehead atoms. The van der Waals surface area contributed by atoms with E-state index in [4.69, 9.17) is 28.3 Å². The van der Waals surface area contributed by atoms with Crippen molar-refractivity contribution in [3.8, 4) is 5.75 Å². The van der Waals surface area contributed by atoms with Crippen LogP contribution in [0.15, 0.2) is 36.4 Å². The molecule has 2 aromatic rings. The number of carbonyl (C=O) groups excluding carboxylic acids is 1. The molecule has 0 spiro atoms. The SMILES string of the molecule is O=C(O)Cc1ccc(O)c(NC(=O)c2cc(Cl)ccc2Cl)c1. The number of halogens is 2. The van der Waals surface area contributed by atoms with E-state index >= 15 is 0 Å². The Morgan fingerprint density at radius 3 is 2.50 bits per heavy atom. The van der Waals surface area contributed by atoms with Crippen LogP contribution in [-0.2, 0) is 11.2 Å². The number of aliphatic carboxylic acids is 1. The maximum Gasteiger partial charge on any atom is 0.307 e. The molecule has 5 nitrogen and oxygen atoms in total. The number of phenolic OH excluding ortho intramolecular Hbond substituents is 1. The smallest absolute Gasteiger partial charge is 0.307 e. The van der Waals surface area contributed by atoms with Gasteiger partial charge in [-0.3, -0.25) is 9.59 Å². The van der Waals surface area contributed by atoms with Crippen molar-refractivity contribution >= 4 is 40.8 Å². The highest BCUT2D eigenvalue weighted by Crippen LogP contribution is 2.27. The van der Waals surface area contributed by atoms with Gasteiger partial charge in [0, 0.05) is 5.02 Å². The van der Waals surface area contributed by atoms with Crippen molar-refractivity contribution in [2.24, 2.45) is 0 Å². The molecular weight excluding hydrogens is 329 g/mol. The zero-order chi connectivity index (χ0) is 16.3. The third-order valence-corrected chi connectivity index (χ3v) is 3.40. The third-order valence-electron chi connectivity index (χ3n) is 2.84. The minimum absolute atomic E-state index is 0.0970. The predicted octanol–water partition coefficient (Wildman–Crippen LogP) is 3.58. The summed E-state index contributed by atoms with van der Waals surface area (Å²) in [7, 11) is 0. The Kier molecular flexibility index (Phi) is 4.90. The average Bonchev–Trinajstić information content (AvgIpc) is 2.44. The number of amides is 1. The quantitative estimate of drug-likeness (QED) is 0.743. The van der Waals surface area contributed by atoms with E-state index in [-0.39, 0.29) is 28.4 Å². The topological polar surface area (TPSA) is 86.6 Å². The highest BCUT2D eigenvalue weighted by atomic mass is 35.5. The lowest BCUT2D eigenvalue weighted by Crippen LogP contribution is -2.13. The number of nitrogens with one attached hydrogen (secondary N) is 1. The molecule has 0 heterocycles. The molecule has 22 heavy (non-hydrogen) atoms. The molecule has 0 fully saturated rings. The third kappa shape index (κ3) is 3.90. The number of carboxylic acids is 1. The van der Waals surface area contributed by atoms with Crippen molar-refractivity contribution in [2.75, 3.05) is 5.32 Å². The van der Waals surface area contributed by atoms with Crippen molar-refractivity contribution < 1.29 is 19.8 Å². The fourth-order valence-corrected chi connectivity index (χ4v) is 2.20. The Labute approximate surface area is 136 Å². The summed E-state index contributed by atoms with van der Waals surface area (Å²) in [5, 5.41) is 21.6. The molecule has 114 valence electrons. The first-order valence-electron chi connectivity index (χ1n) is 6.17. The van der Waals surface area contributed by atoms with Gasteiger partial charge in [0.1, 0.15) is 5.75 Å². The molecule has 0 aliphatic rings. The van der Waals surface area contributed by atoms with Crippen molar-refractivity contribution in [1.29, 1.82) is 0 Å². The predicted molar refractivity (Wildman–Crippen MR) is 83.9 cm³/mol. The zero-order valence-corrected chi connectivity index (χ0v) is 12.6. The Morgan fingerprint density at radius 1 is 1.09 bits per heavy atom. The summed E-state index contributed by atoms with van der Waals surface area (Å²) in [6, 6.07) is 8.60. The monoisotopic (exact) mass is 339 g/mol. The Morgan fingerprint density at radius 2 is 1.82 bits per heavy atom. The lowest BCUT2D eigenvalue weighted by atomic mass is 10.1. The average molecular weight is 340 g/mol. The van der Waals surface area contributed by atoms with E-state index in [1.165, 1.54) is 30.3 Å². The fraction of sp³-hybridized carbons (Fsp3) is 0.0667. The first kappa shape index (κ1) is 16.1. The Balaban J connectivity index is 2.27. The van der Waals surface area contributed by atoms with Gasteiger partial charge in [-0.15, -0.1) is 0 Å². The number of hydrogen-bond donors (Lipinski definition) is 3. The van der Waals surface area contributed by atoms with Crippen LogP contribution in [0.1, 0.15) is 15.9 Å². The molecule has 1 amide bonds. The summed E-state index contributed by atoms with van der Waals surface area (Å²) < 4.78 is 0. The molecule has 7 heteroatoms. The van der Waals surface area contributed by atoms with E-state index in [2.05, 4.69) is 5.32 Å². The van der Waals surface area contributed by atoms with Crippen LogP contribution >= 0.6 is 23.2 Å². The summed E-state index contributed by atoms with van der Waals surface area (Å²) in [5.74, 6) is -1.75. The second-order valence-corrected chi connectivity index (χ2v) is 5.34. The number of carbonyl (C=O) groups is 2. The lowest BCUT2D eigenvalue weighted by molar-refractivity contribution is -0.136. The van der Waals surface area contributed by atoms with E-state index in [0.717, 1.165) is 0 Å². The summed E-state index contributed by atoms with van der Waals surface area (Å²) in [4.78, 5) is 22.9. The number of benzene rings is 2. The first-order valence-corrected chi connectivity index (χ1v) is 6.92. The minimum Gasteiger partial charge on any atom is -0.506 e. The van der Waals surface area contributed by atoms with Crippen LogP contribution < -0.4 is 5.32 Å². The van der Waals surface area contributed by atoms with Crippen LogP contribution in [0.3, 0.4) is 0 Å². The number of anilines is 1. The van der Waals surface area contributed by atoms with E-state index in [9.17, 15) is 14.7 Å². The maximum absolute atomic E-state index is 12.2. The van der Waals surface area contributed by atoms with Gasteiger partial charge in [0.15, 0.2) is 0 Å². The molecule has 0 saturated carbocycles. The zero-order valence-electron chi connectivity index (χ0n) is 11.1. The highest BCUT2D eigenvalue weighted by molar-refractivity contribution is 6.36. The van der Waals surface area contributed by atoms with Crippen LogP contribution in [0.4, 0.5) is 5.69 Å². The van der Waals surface area contributed by atoms with Crippen LogP contribution in [0.2, 0.25) is 10.0 Å². The number of aromatic hydroxyl groups is 1. The van der Waals surface area contributed by atoms with Gasteiger partial charge in [0.05, 0.1) is 22.7 Å². The van der Waals surface area contributed by atoms with Crippen LogP contribution in [0.5, 0.6) is 5.75 Å². The molecule has 2 rings (SSSR count). The van der Waals surface area contributed by atoms with Gasteiger partial charge in [-0.2, -0.15) is 0 Å². The van der Waals surface area contributed by atoms with Crippen LogP contribution in [-0.4, -0.2) is 22.1 Å². The highest BCUT2D eigenvalue weighted by Gasteiger charge is 2.14. The van der Waals surface area contributed by atoms with Gasteiger partial charge < -0.3 is 15.5 Å². The molecule has 2 aromatic carbocycles. The van der Waals surface area contributed by atoms with Gasteiger partial charge in [-0.1, -0.05) is 29.3 Å². The molecule has 0 radical (unpaired) electrons. The minimum atomic E-state index is -1.01. The van der Waals surface area contributed by atoms with Gasteiger partial charge in [0.2, 0.25) is 0 Å². The van der Waals surface area contributed by atoms with Gasteiger partial charge >= 0.3 is 5.97 Å². The maximum atomic E-state index is 12.2. The Bertz CT molecular complexity index is 746. The van der Waals surface area contributed by atoms with Crippen molar-refractivity contribution in [3.05, 3.63) is 57.6 Å². The van der Waals surface area contributed by atoms with Crippen LogP contribution in [0.25, 0.3) is 0 Å². The number of rotatable bonds is 4. The standard InChI is InChI=1S/C15H11Cl2NO4/c16-9-2-3-11(17)10(7-9)15(22)18-12-5-8(6-14(20)21)1-4-13(12)19/h1-5,7,19H,6H2,(H,18,22)(H,20,21). The Hall–Kier alpha value is -2.24. The van der Waals surface area contributed by atoms with Gasteiger partial charge in [0.25, 0.3) is 5.91 Å². The van der Waals surface area contributed by atoms with E-state index in [1.807, 2.05) is 0 Å². The van der Waals surface area contributed by atoms with Crippen molar-refractivity contribution in [1.82, 2.24) is 0 Å². The molecule has 0 atom stereocenters. The first-order chi connectivity index (χ1) is 10.4. The van der Waals surface area contributed by atoms with E-state index in [0.29, 0.717) is 10.6 Å². The van der Waals surface area contributed by atoms with Crippen molar-refractivity contribution in [2.45, 2.75) is 6.42 Å². The second kappa shape index (κ2) is 6.68. The molecule has 0 unspecified atom stereocenters. The molecule has 0 saturated heterocycles. The molecule has 0 aromatic heterocycles. The normalized spacial score (nSPS) is 10.3. The van der Waals surface area contributed by atoms with Gasteiger partial charge in [-0.25, -0.2) is 0 Å². The van der Waals surface area contributed by atoms with E-state index < -0.39 is 11.9 Å². The van der Waals surface area contributed by atoms with Gasteiger partial charge in [-0.05, 0) is 35.9 Å². The van der Waals surface area contributed by atoms with Crippen LogP contribution in [0, 0.1) is 0 Å². The molecule has 0 aliphatic carbocycles.